The molecule has 8 heteroatoms. The predicted octanol–water partition coefficient (Wildman–Crippen LogP) is 3.63. The number of nitrogens with zero attached hydrogens (tertiary/aromatic N) is 4. The molecule has 0 bridgehead atoms. The average Bonchev–Trinajstić information content (AvgIpc) is 3.10. The maximum Gasteiger partial charge on any atom is 0.257 e. The van der Waals surface area contributed by atoms with Crippen molar-refractivity contribution in [3.63, 3.8) is 0 Å². The molecule has 0 atom stereocenters. The van der Waals surface area contributed by atoms with Crippen molar-refractivity contribution in [3.05, 3.63) is 58.9 Å². The van der Waals surface area contributed by atoms with E-state index in [1.165, 1.54) is 0 Å². The molecule has 162 valence electrons. The van der Waals surface area contributed by atoms with Crippen LogP contribution in [0.15, 0.2) is 42.5 Å². The highest BCUT2D eigenvalue weighted by molar-refractivity contribution is 6.34. The van der Waals surface area contributed by atoms with E-state index in [2.05, 4.69) is 21.7 Å². The molecule has 0 aliphatic carbocycles. The fraction of sp³-hybridized carbons (Fsp3) is 0.348. The van der Waals surface area contributed by atoms with Crippen LogP contribution in [0.1, 0.15) is 30.0 Å². The lowest BCUT2D eigenvalue weighted by molar-refractivity contribution is -0.130. The third kappa shape index (κ3) is 4.57. The van der Waals surface area contributed by atoms with Crippen LogP contribution in [0.5, 0.6) is 0 Å². The van der Waals surface area contributed by atoms with E-state index in [-0.39, 0.29) is 11.8 Å². The Balaban J connectivity index is 1.52. The number of carbonyl (C=O) groups excluding carboxylic acids is 2. The van der Waals surface area contributed by atoms with E-state index >= 15 is 0 Å². The van der Waals surface area contributed by atoms with Gasteiger partial charge in [0.15, 0.2) is 0 Å². The zero-order valence-electron chi connectivity index (χ0n) is 17.8. The Morgan fingerprint density at radius 3 is 2.52 bits per heavy atom. The first-order valence-corrected chi connectivity index (χ1v) is 10.9. The van der Waals surface area contributed by atoms with Crippen LogP contribution in [-0.2, 0) is 17.9 Å². The summed E-state index contributed by atoms with van der Waals surface area (Å²) in [5.74, 6) is 0.874. The minimum Gasteiger partial charge on any atom is -0.340 e. The van der Waals surface area contributed by atoms with Crippen LogP contribution in [0.25, 0.3) is 11.0 Å². The number of benzene rings is 2. The molecule has 1 aliphatic heterocycles. The maximum atomic E-state index is 12.6. The molecule has 2 heterocycles. The Bertz CT molecular complexity index is 1120. The lowest BCUT2D eigenvalue weighted by atomic mass is 10.2. The molecule has 0 radical (unpaired) electrons. The summed E-state index contributed by atoms with van der Waals surface area (Å²) in [5.41, 5.74) is 3.00. The highest BCUT2D eigenvalue weighted by atomic mass is 35.5. The van der Waals surface area contributed by atoms with Gasteiger partial charge in [0.25, 0.3) is 5.91 Å². The number of anilines is 1. The first-order chi connectivity index (χ1) is 15.0. The SMILES string of the molecule is CCn1c(CN2CCN(C(C)=O)CC2)nc2cc(NC(=O)c3ccccc3Cl)ccc21. The molecule has 1 N–H and O–H groups in total. The lowest BCUT2D eigenvalue weighted by Gasteiger charge is -2.33. The van der Waals surface area contributed by atoms with E-state index in [4.69, 9.17) is 16.6 Å². The Labute approximate surface area is 186 Å². The zero-order valence-corrected chi connectivity index (χ0v) is 18.5. The van der Waals surface area contributed by atoms with E-state index < -0.39 is 0 Å². The van der Waals surface area contributed by atoms with Crippen molar-refractivity contribution in [2.75, 3.05) is 31.5 Å². The number of imidazole rings is 1. The second-order valence-corrected chi connectivity index (χ2v) is 8.10. The van der Waals surface area contributed by atoms with Gasteiger partial charge in [-0.15, -0.1) is 0 Å². The van der Waals surface area contributed by atoms with Gasteiger partial charge in [-0.25, -0.2) is 4.98 Å². The number of hydrogen-bond donors (Lipinski definition) is 1. The summed E-state index contributed by atoms with van der Waals surface area (Å²) in [6.45, 7) is 8.44. The van der Waals surface area contributed by atoms with Gasteiger partial charge in [-0.05, 0) is 37.3 Å². The number of halogens is 1. The molecule has 2 amide bonds. The summed E-state index contributed by atoms with van der Waals surface area (Å²) in [6, 6.07) is 12.8. The Morgan fingerprint density at radius 2 is 1.84 bits per heavy atom. The monoisotopic (exact) mass is 439 g/mol. The highest BCUT2D eigenvalue weighted by Gasteiger charge is 2.21. The number of amides is 2. The van der Waals surface area contributed by atoms with Crippen LogP contribution in [0.4, 0.5) is 5.69 Å². The number of piperazine rings is 1. The molecule has 1 fully saturated rings. The van der Waals surface area contributed by atoms with Crippen molar-refractivity contribution in [2.45, 2.75) is 26.9 Å². The number of carbonyl (C=O) groups is 2. The van der Waals surface area contributed by atoms with Crippen LogP contribution < -0.4 is 5.32 Å². The van der Waals surface area contributed by atoms with E-state index in [0.717, 1.165) is 56.1 Å². The fourth-order valence-electron chi connectivity index (χ4n) is 4.00. The Hall–Kier alpha value is -2.90. The number of rotatable bonds is 5. The van der Waals surface area contributed by atoms with Crippen molar-refractivity contribution in [1.29, 1.82) is 0 Å². The molecule has 2 aromatic carbocycles. The molecular formula is C23H26ClN5O2. The summed E-state index contributed by atoms with van der Waals surface area (Å²) >= 11 is 6.14. The van der Waals surface area contributed by atoms with Crippen LogP contribution in [0.2, 0.25) is 5.02 Å². The zero-order chi connectivity index (χ0) is 22.0. The smallest absolute Gasteiger partial charge is 0.257 e. The molecule has 0 unspecified atom stereocenters. The number of aromatic nitrogens is 2. The third-order valence-corrected chi connectivity index (χ3v) is 6.03. The van der Waals surface area contributed by atoms with E-state index in [1.54, 1.807) is 31.2 Å². The molecule has 3 aromatic rings. The van der Waals surface area contributed by atoms with E-state index in [1.807, 2.05) is 23.1 Å². The standard InChI is InChI=1S/C23H26ClN5O2/c1-3-29-21-9-8-17(25-23(31)18-6-4-5-7-19(18)24)14-20(21)26-22(29)15-27-10-12-28(13-11-27)16(2)30/h4-9,14H,3,10-13,15H2,1-2H3,(H,25,31). The number of aryl methyl sites for hydroxylation is 1. The summed E-state index contributed by atoms with van der Waals surface area (Å²) in [6.07, 6.45) is 0. The third-order valence-electron chi connectivity index (χ3n) is 5.70. The molecule has 1 aromatic heterocycles. The van der Waals surface area contributed by atoms with Crippen LogP contribution in [0, 0.1) is 0 Å². The molecule has 7 nitrogen and oxygen atoms in total. The van der Waals surface area contributed by atoms with Gasteiger partial charge in [0.05, 0.1) is 28.2 Å². The molecule has 31 heavy (non-hydrogen) atoms. The minimum absolute atomic E-state index is 0.131. The van der Waals surface area contributed by atoms with Gasteiger partial charge in [0.1, 0.15) is 5.82 Å². The van der Waals surface area contributed by atoms with E-state index in [9.17, 15) is 9.59 Å². The molecule has 1 aliphatic rings. The quantitative estimate of drug-likeness (QED) is 0.659. The molecule has 0 spiro atoms. The van der Waals surface area contributed by atoms with Gasteiger partial charge in [-0.3, -0.25) is 14.5 Å². The minimum atomic E-state index is -0.247. The highest BCUT2D eigenvalue weighted by Crippen LogP contribution is 2.23. The molecular weight excluding hydrogens is 414 g/mol. The van der Waals surface area contributed by atoms with Crippen molar-refractivity contribution in [1.82, 2.24) is 19.4 Å². The number of fused-ring (bicyclic) bond motifs is 1. The van der Waals surface area contributed by atoms with Crippen LogP contribution >= 0.6 is 11.6 Å². The van der Waals surface area contributed by atoms with Crippen molar-refractivity contribution >= 4 is 40.1 Å². The summed E-state index contributed by atoms with van der Waals surface area (Å²) in [7, 11) is 0. The normalized spacial score (nSPS) is 14.7. The van der Waals surface area contributed by atoms with Crippen molar-refractivity contribution in [3.8, 4) is 0 Å². The van der Waals surface area contributed by atoms with Gasteiger partial charge < -0.3 is 14.8 Å². The van der Waals surface area contributed by atoms with Gasteiger partial charge in [-0.1, -0.05) is 23.7 Å². The molecule has 4 rings (SSSR count). The Kier molecular flexibility index (Phi) is 6.25. The summed E-state index contributed by atoms with van der Waals surface area (Å²) in [5, 5.41) is 3.33. The second kappa shape index (κ2) is 9.08. The Morgan fingerprint density at radius 1 is 1.10 bits per heavy atom. The second-order valence-electron chi connectivity index (χ2n) is 7.69. The average molecular weight is 440 g/mol. The molecule has 0 saturated carbocycles. The van der Waals surface area contributed by atoms with Gasteiger partial charge in [-0.2, -0.15) is 0 Å². The van der Waals surface area contributed by atoms with Gasteiger partial charge in [0, 0.05) is 45.3 Å². The van der Waals surface area contributed by atoms with Crippen LogP contribution in [0.3, 0.4) is 0 Å². The van der Waals surface area contributed by atoms with Crippen molar-refractivity contribution < 1.29 is 9.59 Å². The molecule has 1 saturated heterocycles. The largest absolute Gasteiger partial charge is 0.340 e. The first-order valence-electron chi connectivity index (χ1n) is 10.5. The van der Waals surface area contributed by atoms with E-state index in [0.29, 0.717) is 16.3 Å². The maximum absolute atomic E-state index is 12.6. The van der Waals surface area contributed by atoms with Crippen molar-refractivity contribution in [2.24, 2.45) is 0 Å². The summed E-state index contributed by atoms with van der Waals surface area (Å²) in [4.78, 5) is 33.2. The first kappa shape index (κ1) is 21.3. The predicted molar refractivity (Wildman–Crippen MR) is 122 cm³/mol. The van der Waals surface area contributed by atoms with Gasteiger partial charge in [0.2, 0.25) is 5.91 Å². The van der Waals surface area contributed by atoms with Crippen LogP contribution in [-0.4, -0.2) is 57.3 Å². The fourth-order valence-corrected chi connectivity index (χ4v) is 4.22. The summed E-state index contributed by atoms with van der Waals surface area (Å²) < 4.78 is 2.20. The lowest BCUT2D eigenvalue weighted by Crippen LogP contribution is -2.47. The number of nitrogens with one attached hydrogen (secondary N) is 1. The van der Waals surface area contributed by atoms with Gasteiger partial charge >= 0.3 is 0 Å². The topological polar surface area (TPSA) is 70.5 Å². The number of hydrogen-bond acceptors (Lipinski definition) is 4.